The fourth-order valence-electron chi connectivity index (χ4n) is 1.86. The van der Waals surface area contributed by atoms with Gasteiger partial charge in [-0.2, -0.15) is 0 Å². The first-order valence-electron chi connectivity index (χ1n) is 6.34. The van der Waals surface area contributed by atoms with E-state index >= 15 is 0 Å². The molecule has 1 N–H and O–H groups in total. The van der Waals surface area contributed by atoms with Gasteiger partial charge in [0.25, 0.3) is 0 Å². The molecule has 3 nitrogen and oxygen atoms in total. The highest BCUT2D eigenvalue weighted by Crippen LogP contribution is 2.24. The molecule has 0 saturated heterocycles. The second-order valence-corrected chi connectivity index (χ2v) is 7.48. The monoisotopic (exact) mass is 412 g/mol. The maximum Gasteiger partial charge on any atom is 0.187 e. The Hall–Kier alpha value is -1.17. The number of benzene rings is 2. The van der Waals surface area contributed by atoms with Gasteiger partial charge in [-0.3, -0.25) is 4.79 Å². The summed E-state index contributed by atoms with van der Waals surface area (Å²) in [7, 11) is 0. The molecule has 0 aliphatic rings. The van der Waals surface area contributed by atoms with Gasteiger partial charge in [0.15, 0.2) is 5.78 Å². The van der Waals surface area contributed by atoms with Crippen LogP contribution in [0.2, 0.25) is 0 Å². The lowest BCUT2D eigenvalue weighted by Gasteiger charge is -2.12. The molecular formula is C16H14Br2O3. The molecule has 21 heavy (non-hydrogen) atoms. The van der Waals surface area contributed by atoms with Crippen LogP contribution in [0.25, 0.3) is 0 Å². The zero-order valence-corrected chi connectivity index (χ0v) is 14.3. The lowest BCUT2D eigenvalue weighted by atomic mass is 10.1. The standard InChI is InChI=1S/C16H14Br2O3/c17-16(18)15(20)12-6-7-14(13(8-12)9-19)21-10-11-4-2-1-3-5-11/h1-8,16,19H,9-10H2. The van der Waals surface area contributed by atoms with Crippen molar-refractivity contribution in [1.29, 1.82) is 0 Å². The third-order valence-corrected chi connectivity index (χ3v) is 3.78. The zero-order valence-electron chi connectivity index (χ0n) is 11.1. The van der Waals surface area contributed by atoms with Gasteiger partial charge in [0.2, 0.25) is 0 Å². The molecular weight excluding hydrogens is 400 g/mol. The summed E-state index contributed by atoms with van der Waals surface area (Å²) in [5, 5.41) is 9.45. The SMILES string of the molecule is O=C(c1ccc(OCc2ccccc2)c(CO)c1)C(Br)Br. The molecule has 5 heteroatoms. The summed E-state index contributed by atoms with van der Waals surface area (Å²) in [6, 6.07) is 14.8. The van der Waals surface area contributed by atoms with Gasteiger partial charge in [-0.1, -0.05) is 62.2 Å². The number of halogens is 2. The normalized spacial score (nSPS) is 10.7. The number of rotatable bonds is 6. The summed E-state index contributed by atoms with van der Waals surface area (Å²) in [6.07, 6.45) is 0. The second kappa shape index (κ2) is 7.73. The Morgan fingerprint density at radius 1 is 1.14 bits per heavy atom. The first-order chi connectivity index (χ1) is 10.1. The van der Waals surface area contributed by atoms with E-state index in [1.807, 2.05) is 30.3 Å². The van der Waals surface area contributed by atoms with Gasteiger partial charge in [-0.25, -0.2) is 0 Å². The van der Waals surface area contributed by atoms with E-state index in [1.165, 1.54) is 0 Å². The van der Waals surface area contributed by atoms with Crippen LogP contribution >= 0.6 is 31.9 Å². The fraction of sp³-hybridized carbons (Fsp3) is 0.188. The van der Waals surface area contributed by atoms with E-state index in [0.717, 1.165) is 5.56 Å². The van der Waals surface area contributed by atoms with Crippen LogP contribution in [0, 0.1) is 0 Å². The van der Waals surface area contributed by atoms with Crippen molar-refractivity contribution in [3.8, 4) is 5.75 Å². The smallest absolute Gasteiger partial charge is 0.187 e. The average Bonchev–Trinajstić information content (AvgIpc) is 2.53. The zero-order chi connectivity index (χ0) is 15.2. The van der Waals surface area contributed by atoms with E-state index in [9.17, 15) is 9.90 Å². The number of hydrogen-bond acceptors (Lipinski definition) is 3. The van der Waals surface area contributed by atoms with Crippen LogP contribution < -0.4 is 4.74 Å². The number of ketones is 1. The third-order valence-electron chi connectivity index (χ3n) is 2.95. The average molecular weight is 414 g/mol. The van der Waals surface area contributed by atoms with E-state index in [0.29, 0.717) is 23.5 Å². The van der Waals surface area contributed by atoms with Crippen LogP contribution in [-0.4, -0.2) is 14.6 Å². The van der Waals surface area contributed by atoms with Crippen molar-refractivity contribution in [3.05, 3.63) is 65.2 Å². The van der Waals surface area contributed by atoms with Crippen LogP contribution in [0.1, 0.15) is 21.5 Å². The Kier molecular flexibility index (Phi) is 5.96. The Labute approximate surface area is 140 Å². The molecule has 110 valence electrons. The molecule has 2 rings (SSSR count). The van der Waals surface area contributed by atoms with Crippen LogP contribution in [0.5, 0.6) is 5.75 Å². The molecule has 0 atom stereocenters. The van der Waals surface area contributed by atoms with Crippen molar-refractivity contribution < 1.29 is 14.6 Å². The van der Waals surface area contributed by atoms with Gasteiger partial charge in [-0.05, 0) is 23.8 Å². The molecule has 0 heterocycles. The molecule has 2 aromatic rings. The highest BCUT2D eigenvalue weighted by Gasteiger charge is 2.15. The Bertz CT molecular complexity index is 612. The van der Waals surface area contributed by atoms with Crippen LogP contribution in [0.4, 0.5) is 0 Å². The molecule has 0 aliphatic heterocycles. The topological polar surface area (TPSA) is 46.5 Å². The molecule has 2 aromatic carbocycles. The highest BCUT2D eigenvalue weighted by atomic mass is 79.9. The number of alkyl halides is 2. The summed E-state index contributed by atoms with van der Waals surface area (Å²) < 4.78 is 5.28. The van der Waals surface area contributed by atoms with Gasteiger partial charge in [0, 0.05) is 11.1 Å². The number of hydrogen-bond donors (Lipinski definition) is 1. The van der Waals surface area contributed by atoms with Crippen molar-refractivity contribution in [2.45, 2.75) is 17.0 Å². The maximum atomic E-state index is 11.9. The lowest BCUT2D eigenvalue weighted by molar-refractivity contribution is 0.101. The predicted octanol–water partition coefficient (Wildman–Crippen LogP) is 4.06. The molecule has 0 spiro atoms. The second-order valence-electron chi connectivity index (χ2n) is 4.42. The maximum absolute atomic E-state index is 11.9. The van der Waals surface area contributed by atoms with Gasteiger partial charge in [-0.15, -0.1) is 0 Å². The summed E-state index contributed by atoms with van der Waals surface area (Å²) in [5.74, 6) is 0.484. The fourth-order valence-corrected chi connectivity index (χ4v) is 2.39. The van der Waals surface area contributed by atoms with E-state index in [4.69, 9.17) is 4.74 Å². The van der Waals surface area contributed by atoms with Gasteiger partial charge in [0.05, 0.1) is 6.61 Å². The molecule has 0 amide bonds. The molecule has 0 bridgehead atoms. The van der Waals surface area contributed by atoms with Gasteiger partial charge < -0.3 is 9.84 Å². The molecule has 0 fully saturated rings. The molecule has 0 unspecified atom stereocenters. The van der Waals surface area contributed by atoms with E-state index in [1.54, 1.807) is 18.2 Å². The van der Waals surface area contributed by atoms with E-state index in [2.05, 4.69) is 31.9 Å². The Morgan fingerprint density at radius 3 is 2.48 bits per heavy atom. The summed E-state index contributed by atoms with van der Waals surface area (Å²) in [6.45, 7) is 0.237. The molecule has 0 radical (unpaired) electrons. The highest BCUT2D eigenvalue weighted by molar-refractivity contribution is 9.25. The number of carbonyl (C=O) groups is 1. The summed E-state index contributed by atoms with van der Waals surface area (Å²) in [4.78, 5) is 11.9. The number of Topliss-reactive ketones (excluding diaryl/α,β-unsaturated/α-hetero) is 1. The first-order valence-corrected chi connectivity index (χ1v) is 8.18. The van der Waals surface area contributed by atoms with Gasteiger partial charge in [0.1, 0.15) is 16.1 Å². The minimum Gasteiger partial charge on any atom is -0.489 e. The molecule has 0 aromatic heterocycles. The third kappa shape index (κ3) is 4.40. The van der Waals surface area contributed by atoms with Crippen molar-refractivity contribution in [2.75, 3.05) is 0 Å². The number of carbonyl (C=O) groups excluding carboxylic acids is 1. The van der Waals surface area contributed by atoms with Crippen LogP contribution in [0.3, 0.4) is 0 Å². The number of aliphatic hydroxyl groups excluding tert-OH is 1. The van der Waals surface area contributed by atoms with Crippen molar-refractivity contribution in [3.63, 3.8) is 0 Å². The Morgan fingerprint density at radius 2 is 1.86 bits per heavy atom. The number of aliphatic hydroxyl groups is 1. The van der Waals surface area contributed by atoms with Crippen molar-refractivity contribution >= 4 is 37.6 Å². The van der Waals surface area contributed by atoms with Crippen molar-refractivity contribution in [1.82, 2.24) is 0 Å². The molecule has 0 aliphatic carbocycles. The minimum absolute atomic E-state index is 0.0979. The van der Waals surface area contributed by atoms with Crippen LogP contribution in [0.15, 0.2) is 48.5 Å². The minimum atomic E-state index is -0.437. The largest absolute Gasteiger partial charge is 0.489 e. The van der Waals surface area contributed by atoms with Gasteiger partial charge >= 0.3 is 0 Å². The Balaban J connectivity index is 2.15. The van der Waals surface area contributed by atoms with E-state index < -0.39 is 3.74 Å². The summed E-state index contributed by atoms with van der Waals surface area (Å²) >= 11 is 6.35. The predicted molar refractivity (Wildman–Crippen MR) is 89.1 cm³/mol. The first kappa shape index (κ1) is 16.2. The molecule has 0 saturated carbocycles. The number of ether oxygens (including phenoxy) is 1. The lowest BCUT2D eigenvalue weighted by Crippen LogP contribution is -2.08. The van der Waals surface area contributed by atoms with Crippen molar-refractivity contribution in [2.24, 2.45) is 0 Å². The van der Waals surface area contributed by atoms with E-state index in [-0.39, 0.29) is 12.4 Å². The van der Waals surface area contributed by atoms with Crippen LogP contribution in [-0.2, 0) is 13.2 Å². The quantitative estimate of drug-likeness (QED) is 0.573. The summed E-state index contributed by atoms with van der Waals surface area (Å²) in [5.41, 5.74) is 2.16.